The third-order valence-corrected chi connectivity index (χ3v) is 3.10. The van der Waals surface area contributed by atoms with Crippen molar-refractivity contribution in [2.75, 3.05) is 46.2 Å². The molecule has 0 spiro atoms. The summed E-state index contributed by atoms with van der Waals surface area (Å²) in [4.78, 5) is 10.1. The Hall–Kier alpha value is -0.910. The van der Waals surface area contributed by atoms with Gasteiger partial charge in [0.2, 0.25) is 0 Å². The Morgan fingerprint density at radius 1 is 0.955 bits per heavy atom. The zero-order valence-corrected chi connectivity index (χ0v) is 14.3. The monoisotopic (exact) mass is 315 g/mol. The summed E-state index contributed by atoms with van der Waals surface area (Å²) >= 11 is 0. The molecule has 0 heterocycles. The number of carbonyl (C=O) groups excluding carboxylic acids is 1. The van der Waals surface area contributed by atoms with Gasteiger partial charge in [0.1, 0.15) is 6.29 Å². The van der Waals surface area contributed by atoms with Gasteiger partial charge in [0.05, 0.1) is 39.6 Å². The second-order valence-corrected chi connectivity index (χ2v) is 5.05. The number of nitrogens with one attached hydrogen (secondary N) is 1. The Bertz CT molecular complexity index is 269. The first-order valence-corrected chi connectivity index (χ1v) is 8.43. The number of aldehydes is 1. The summed E-state index contributed by atoms with van der Waals surface area (Å²) in [6.07, 6.45) is 8.11. The van der Waals surface area contributed by atoms with Crippen molar-refractivity contribution < 1.29 is 19.0 Å². The van der Waals surface area contributed by atoms with Crippen LogP contribution in [0, 0.1) is 0 Å². The molecule has 5 nitrogen and oxygen atoms in total. The van der Waals surface area contributed by atoms with Crippen molar-refractivity contribution in [3.63, 3.8) is 0 Å². The van der Waals surface area contributed by atoms with E-state index in [1.807, 2.05) is 0 Å². The highest BCUT2D eigenvalue weighted by Crippen LogP contribution is 2.00. The fourth-order valence-corrected chi connectivity index (χ4v) is 1.71. The molecule has 0 bridgehead atoms. The lowest BCUT2D eigenvalue weighted by molar-refractivity contribution is -0.108. The first kappa shape index (κ1) is 21.1. The van der Waals surface area contributed by atoms with Gasteiger partial charge >= 0.3 is 0 Å². The molecular formula is C17H33NO4. The van der Waals surface area contributed by atoms with Crippen LogP contribution in [0.5, 0.6) is 0 Å². The van der Waals surface area contributed by atoms with Gasteiger partial charge in [-0.15, -0.1) is 0 Å². The maximum Gasteiger partial charge on any atom is 0.122 e. The molecule has 0 radical (unpaired) electrons. The van der Waals surface area contributed by atoms with Gasteiger partial charge in [0.25, 0.3) is 0 Å². The number of carbonyl (C=O) groups is 1. The Balaban J connectivity index is 3.38. The molecule has 0 aromatic rings. The summed E-state index contributed by atoms with van der Waals surface area (Å²) in [5, 5.41) is 3.34. The van der Waals surface area contributed by atoms with Crippen molar-refractivity contribution in [2.45, 2.75) is 46.0 Å². The maximum absolute atomic E-state index is 10.1. The molecule has 0 saturated heterocycles. The molecule has 0 aliphatic heterocycles. The van der Waals surface area contributed by atoms with E-state index in [1.54, 1.807) is 0 Å². The molecule has 0 unspecified atom stereocenters. The van der Waals surface area contributed by atoms with Crippen LogP contribution in [-0.2, 0) is 19.0 Å². The predicted molar refractivity (Wildman–Crippen MR) is 89.0 cm³/mol. The van der Waals surface area contributed by atoms with Gasteiger partial charge < -0.3 is 24.3 Å². The molecule has 22 heavy (non-hydrogen) atoms. The second kappa shape index (κ2) is 18.1. The Morgan fingerprint density at radius 3 is 2.27 bits per heavy atom. The molecule has 0 fully saturated rings. The number of ether oxygens (including phenoxy) is 3. The lowest BCUT2D eigenvalue weighted by atomic mass is 10.2. The minimum Gasteiger partial charge on any atom is -0.391 e. The summed E-state index contributed by atoms with van der Waals surface area (Å²) in [5.41, 5.74) is 1.27. The first-order valence-electron chi connectivity index (χ1n) is 8.43. The zero-order valence-electron chi connectivity index (χ0n) is 14.3. The third kappa shape index (κ3) is 15.5. The highest BCUT2D eigenvalue weighted by atomic mass is 16.5. The summed E-state index contributed by atoms with van der Waals surface area (Å²) < 4.78 is 16.2. The van der Waals surface area contributed by atoms with Crippen molar-refractivity contribution in [3.05, 3.63) is 11.8 Å². The van der Waals surface area contributed by atoms with Crippen LogP contribution < -0.4 is 5.32 Å². The van der Waals surface area contributed by atoms with E-state index in [4.69, 9.17) is 14.2 Å². The SMILES string of the molecule is CCCCCN/C=C(\CC)COCCOCCOCCC=O. The molecule has 0 rings (SSSR count). The van der Waals surface area contributed by atoms with Gasteiger partial charge in [-0.05, 0) is 24.6 Å². The van der Waals surface area contributed by atoms with Crippen LogP contribution in [0.15, 0.2) is 11.8 Å². The largest absolute Gasteiger partial charge is 0.391 e. The average molecular weight is 315 g/mol. The van der Waals surface area contributed by atoms with Crippen LogP contribution in [0.2, 0.25) is 0 Å². The smallest absolute Gasteiger partial charge is 0.122 e. The van der Waals surface area contributed by atoms with E-state index in [-0.39, 0.29) is 0 Å². The lowest BCUT2D eigenvalue weighted by Gasteiger charge is -2.09. The molecule has 0 aromatic heterocycles. The molecule has 0 aromatic carbocycles. The molecule has 130 valence electrons. The van der Waals surface area contributed by atoms with Crippen LogP contribution >= 0.6 is 0 Å². The van der Waals surface area contributed by atoms with Crippen LogP contribution in [0.4, 0.5) is 0 Å². The minimum atomic E-state index is 0.446. The summed E-state index contributed by atoms with van der Waals surface area (Å²) in [6.45, 7) is 8.71. The quantitative estimate of drug-likeness (QED) is 0.330. The van der Waals surface area contributed by atoms with Crippen molar-refractivity contribution >= 4 is 6.29 Å². The van der Waals surface area contributed by atoms with Gasteiger partial charge in [-0.25, -0.2) is 0 Å². The molecular weight excluding hydrogens is 282 g/mol. The van der Waals surface area contributed by atoms with E-state index in [2.05, 4.69) is 25.4 Å². The van der Waals surface area contributed by atoms with Crippen molar-refractivity contribution in [1.82, 2.24) is 5.32 Å². The predicted octanol–water partition coefficient (Wildman–Crippen LogP) is 2.70. The fourth-order valence-electron chi connectivity index (χ4n) is 1.71. The first-order chi connectivity index (χ1) is 10.8. The maximum atomic E-state index is 10.1. The minimum absolute atomic E-state index is 0.446. The summed E-state index contributed by atoms with van der Waals surface area (Å²) in [6, 6.07) is 0. The number of unbranched alkanes of at least 4 members (excludes halogenated alkanes) is 2. The Morgan fingerprint density at radius 2 is 1.64 bits per heavy atom. The molecule has 0 amide bonds. The normalized spacial score (nSPS) is 11.6. The molecule has 0 aliphatic carbocycles. The van der Waals surface area contributed by atoms with E-state index >= 15 is 0 Å². The van der Waals surface area contributed by atoms with Crippen molar-refractivity contribution in [1.29, 1.82) is 0 Å². The van der Waals surface area contributed by atoms with Crippen LogP contribution in [0.3, 0.4) is 0 Å². The van der Waals surface area contributed by atoms with Gasteiger partial charge in [-0.1, -0.05) is 26.7 Å². The summed E-state index contributed by atoms with van der Waals surface area (Å²) in [7, 11) is 0. The highest BCUT2D eigenvalue weighted by Gasteiger charge is 1.96. The molecule has 5 heteroatoms. The van der Waals surface area contributed by atoms with Gasteiger partial charge in [-0.3, -0.25) is 0 Å². The van der Waals surface area contributed by atoms with Crippen LogP contribution in [0.1, 0.15) is 46.0 Å². The van der Waals surface area contributed by atoms with E-state index in [1.165, 1.54) is 24.8 Å². The third-order valence-electron chi connectivity index (χ3n) is 3.10. The van der Waals surface area contributed by atoms with Crippen molar-refractivity contribution in [2.24, 2.45) is 0 Å². The van der Waals surface area contributed by atoms with E-state index < -0.39 is 0 Å². The van der Waals surface area contributed by atoms with Crippen LogP contribution in [0.25, 0.3) is 0 Å². The van der Waals surface area contributed by atoms with E-state index in [0.717, 1.165) is 19.3 Å². The Labute approximate surface area is 135 Å². The Kier molecular flexibility index (Phi) is 17.4. The van der Waals surface area contributed by atoms with E-state index in [9.17, 15) is 4.79 Å². The van der Waals surface area contributed by atoms with Gasteiger partial charge in [0, 0.05) is 13.0 Å². The standard InChI is InChI=1S/C17H33NO4/c1-3-5-6-8-18-15-17(4-2)16-22-14-13-21-12-11-20-10-7-9-19/h9,15,18H,3-8,10-14,16H2,1-2H3/b17-15+. The van der Waals surface area contributed by atoms with E-state index in [0.29, 0.717) is 46.1 Å². The van der Waals surface area contributed by atoms with Gasteiger partial charge in [0.15, 0.2) is 0 Å². The zero-order chi connectivity index (χ0) is 16.3. The number of hydrogen-bond acceptors (Lipinski definition) is 5. The topological polar surface area (TPSA) is 56.8 Å². The van der Waals surface area contributed by atoms with Crippen LogP contribution in [-0.4, -0.2) is 52.5 Å². The highest BCUT2D eigenvalue weighted by molar-refractivity contribution is 5.49. The lowest BCUT2D eigenvalue weighted by Crippen LogP contribution is -2.12. The van der Waals surface area contributed by atoms with Crippen molar-refractivity contribution in [3.8, 4) is 0 Å². The van der Waals surface area contributed by atoms with Gasteiger partial charge in [-0.2, -0.15) is 0 Å². The summed E-state index contributed by atoms with van der Waals surface area (Å²) in [5.74, 6) is 0. The second-order valence-electron chi connectivity index (χ2n) is 5.05. The molecule has 0 atom stereocenters. The molecule has 1 N–H and O–H groups in total. The molecule has 0 aliphatic rings. The number of rotatable bonds is 17. The average Bonchev–Trinajstić information content (AvgIpc) is 2.54. The molecule has 0 saturated carbocycles. The fraction of sp³-hybridized carbons (Fsp3) is 0.824. The number of hydrogen-bond donors (Lipinski definition) is 1.